The van der Waals surface area contributed by atoms with Gasteiger partial charge >= 0.3 is 0 Å². The number of allylic oxidation sites excluding steroid dienone is 6. The molecule has 6 rings (SSSR count). The lowest BCUT2D eigenvalue weighted by Gasteiger charge is -2.62. The summed E-state index contributed by atoms with van der Waals surface area (Å²) in [7, 11) is 0. The highest BCUT2D eigenvalue weighted by Crippen LogP contribution is 2.69. The van der Waals surface area contributed by atoms with Crippen LogP contribution in [0.2, 0.25) is 0 Å². The van der Waals surface area contributed by atoms with Gasteiger partial charge in [-0.25, -0.2) is 4.39 Å². The van der Waals surface area contributed by atoms with Gasteiger partial charge in [0.05, 0.1) is 0 Å². The van der Waals surface area contributed by atoms with E-state index in [2.05, 4.69) is 103 Å². The molecule has 240 valence electrons. The molecule has 2 aromatic carbocycles. The van der Waals surface area contributed by atoms with Crippen molar-refractivity contribution in [3.8, 4) is 0 Å². The number of halogens is 1. The van der Waals surface area contributed by atoms with Crippen LogP contribution in [0.25, 0.3) is 0 Å². The molecule has 0 heterocycles. The minimum absolute atomic E-state index is 0.00377. The van der Waals surface area contributed by atoms with E-state index in [4.69, 9.17) is 5.73 Å². The Hall–Kier alpha value is -2.71. The van der Waals surface area contributed by atoms with Crippen molar-refractivity contribution in [2.45, 2.75) is 104 Å². The molecule has 3 fully saturated rings. The number of benzene rings is 2. The molecule has 2 aromatic rings. The SMILES string of the molecule is C=CC(=C)C1[C@H](CC(C)c2c(C)ccc(CCc3cccc(C)c3)c2F)CC2C1(C)CCC1C3(C)C=CC(C)C=C3CCC12N. The molecule has 2 N–H and O–H groups in total. The first-order valence-corrected chi connectivity index (χ1v) is 17.7. The zero-order chi connectivity index (χ0) is 32.3. The number of rotatable bonds is 8. The van der Waals surface area contributed by atoms with Crippen LogP contribution in [0.1, 0.15) is 100.0 Å². The van der Waals surface area contributed by atoms with Gasteiger partial charge in [-0.15, -0.1) is 0 Å². The monoisotopic (exact) mass is 605 g/mol. The average Bonchev–Trinajstić information content (AvgIpc) is 3.29. The van der Waals surface area contributed by atoms with Gasteiger partial charge in [0.2, 0.25) is 0 Å². The topological polar surface area (TPSA) is 26.0 Å². The number of nitrogens with two attached hydrogens (primary N) is 1. The smallest absolute Gasteiger partial charge is 0.130 e. The average molecular weight is 606 g/mol. The van der Waals surface area contributed by atoms with Crippen molar-refractivity contribution >= 4 is 0 Å². The van der Waals surface area contributed by atoms with Crippen LogP contribution < -0.4 is 5.73 Å². The Kier molecular flexibility index (Phi) is 8.47. The second kappa shape index (κ2) is 11.8. The first kappa shape index (κ1) is 32.2. The van der Waals surface area contributed by atoms with Crippen molar-refractivity contribution in [1.29, 1.82) is 0 Å². The molecule has 9 atom stereocenters. The molecular weight excluding hydrogens is 549 g/mol. The van der Waals surface area contributed by atoms with Crippen molar-refractivity contribution in [2.24, 2.45) is 46.2 Å². The third kappa shape index (κ3) is 5.34. The second-order valence-electron chi connectivity index (χ2n) is 16.1. The second-order valence-corrected chi connectivity index (χ2v) is 16.1. The van der Waals surface area contributed by atoms with Gasteiger partial charge in [-0.3, -0.25) is 0 Å². The van der Waals surface area contributed by atoms with E-state index >= 15 is 4.39 Å². The molecule has 45 heavy (non-hydrogen) atoms. The fourth-order valence-corrected chi connectivity index (χ4v) is 11.2. The summed E-state index contributed by atoms with van der Waals surface area (Å²) >= 11 is 0. The zero-order valence-corrected chi connectivity index (χ0v) is 28.8. The lowest BCUT2D eigenvalue weighted by Crippen LogP contribution is -2.66. The standard InChI is InChI=1S/C43H56FN/c1-9-29(4)39-34(25-31(6)38-30(5)13-15-33(40(38)44)16-14-32-12-10-11-27(2)23-32)26-37-42(39,8)21-19-36-41(7)20-17-28(3)24-35(41)18-22-43(36,37)45/h9-13,15,17,20,23-24,28,31,34,36-37,39H,1,4,14,16,18-19,21-22,25-26,45H2,2-3,5-8H3/t28?,31?,34-,36?,37?,39?,41?,42?,43?/m1/s1. The van der Waals surface area contributed by atoms with Crippen LogP contribution in [-0.4, -0.2) is 5.54 Å². The molecule has 0 saturated heterocycles. The van der Waals surface area contributed by atoms with Crippen LogP contribution in [-0.2, 0) is 12.8 Å². The number of fused-ring (bicyclic) bond motifs is 5. The molecule has 8 unspecified atom stereocenters. The van der Waals surface area contributed by atoms with Gasteiger partial charge in [0.15, 0.2) is 0 Å². The van der Waals surface area contributed by atoms with Crippen molar-refractivity contribution in [3.05, 3.63) is 119 Å². The van der Waals surface area contributed by atoms with Gasteiger partial charge in [-0.05, 0) is 128 Å². The zero-order valence-electron chi connectivity index (χ0n) is 28.8. The minimum atomic E-state index is -0.210. The first-order valence-electron chi connectivity index (χ1n) is 17.7. The van der Waals surface area contributed by atoms with Crippen LogP contribution in [0.3, 0.4) is 0 Å². The van der Waals surface area contributed by atoms with E-state index in [1.165, 1.54) is 11.1 Å². The van der Waals surface area contributed by atoms with Crippen molar-refractivity contribution in [3.63, 3.8) is 0 Å². The summed E-state index contributed by atoms with van der Waals surface area (Å²) in [4.78, 5) is 0. The van der Waals surface area contributed by atoms with E-state index in [1.54, 1.807) is 5.57 Å². The van der Waals surface area contributed by atoms with Gasteiger partial charge in [-0.1, -0.05) is 118 Å². The Bertz CT molecular complexity index is 1540. The Labute approximate surface area is 273 Å². The predicted octanol–water partition coefficient (Wildman–Crippen LogP) is 10.8. The third-order valence-corrected chi connectivity index (χ3v) is 13.3. The van der Waals surface area contributed by atoms with E-state index < -0.39 is 0 Å². The van der Waals surface area contributed by atoms with E-state index in [-0.39, 0.29) is 28.1 Å². The summed E-state index contributed by atoms with van der Waals surface area (Å²) in [5, 5.41) is 0. The molecule has 3 saturated carbocycles. The van der Waals surface area contributed by atoms with Crippen LogP contribution in [0.15, 0.2) is 85.0 Å². The van der Waals surface area contributed by atoms with Gasteiger partial charge < -0.3 is 5.73 Å². The maximum absolute atomic E-state index is 16.4. The van der Waals surface area contributed by atoms with Crippen molar-refractivity contribution < 1.29 is 4.39 Å². The van der Waals surface area contributed by atoms with E-state index in [0.717, 1.165) is 67.2 Å². The molecule has 0 aliphatic heterocycles. The van der Waals surface area contributed by atoms with Crippen LogP contribution in [0.4, 0.5) is 4.39 Å². The predicted molar refractivity (Wildman–Crippen MR) is 189 cm³/mol. The summed E-state index contributed by atoms with van der Waals surface area (Å²) < 4.78 is 16.4. The fourth-order valence-electron chi connectivity index (χ4n) is 11.2. The van der Waals surface area contributed by atoms with E-state index in [9.17, 15) is 0 Å². The molecule has 4 aliphatic rings. The largest absolute Gasteiger partial charge is 0.325 e. The summed E-state index contributed by atoms with van der Waals surface area (Å²) in [6.45, 7) is 22.5. The van der Waals surface area contributed by atoms with Crippen molar-refractivity contribution in [2.75, 3.05) is 0 Å². The fraction of sp³-hybridized carbons (Fsp3) is 0.535. The molecule has 4 aliphatic carbocycles. The number of aryl methyl sites for hydroxylation is 4. The lowest BCUT2D eigenvalue weighted by molar-refractivity contribution is -0.0496. The lowest BCUT2D eigenvalue weighted by atomic mass is 9.44. The molecule has 0 amide bonds. The van der Waals surface area contributed by atoms with Crippen LogP contribution in [0.5, 0.6) is 0 Å². The maximum Gasteiger partial charge on any atom is 0.130 e. The van der Waals surface area contributed by atoms with Gasteiger partial charge in [-0.2, -0.15) is 0 Å². The number of hydrogen-bond acceptors (Lipinski definition) is 1. The van der Waals surface area contributed by atoms with Gasteiger partial charge in [0, 0.05) is 11.0 Å². The summed E-state index contributed by atoms with van der Waals surface area (Å²) in [6, 6.07) is 12.7. The summed E-state index contributed by atoms with van der Waals surface area (Å²) in [5.41, 5.74) is 15.7. The highest BCUT2D eigenvalue weighted by atomic mass is 19.1. The molecular formula is C43H56FN. The van der Waals surface area contributed by atoms with E-state index in [0.29, 0.717) is 36.0 Å². The molecule has 0 radical (unpaired) electrons. The van der Waals surface area contributed by atoms with Crippen molar-refractivity contribution in [1.82, 2.24) is 0 Å². The summed E-state index contributed by atoms with van der Waals surface area (Å²) in [5.74, 6) is 2.22. The molecule has 0 spiro atoms. The Morgan fingerprint density at radius 3 is 2.62 bits per heavy atom. The normalized spacial score (nSPS) is 36.0. The third-order valence-electron chi connectivity index (χ3n) is 13.3. The Morgan fingerprint density at radius 2 is 1.89 bits per heavy atom. The van der Waals surface area contributed by atoms with E-state index in [1.807, 2.05) is 12.1 Å². The minimum Gasteiger partial charge on any atom is -0.325 e. The van der Waals surface area contributed by atoms with Gasteiger partial charge in [0.25, 0.3) is 0 Å². The highest BCUT2D eigenvalue weighted by Gasteiger charge is 2.66. The highest BCUT2D eigenvalue weighted by molar-refractivity contribution is 5.39. The van der Waals surface area contributed by atoms with Crippen LogP contribution >= 0.6 is 0 Å². The Morgan fingerprint density at radius 1 is 1.11 bits per heavy atom. The number of hydrogen-bond donors (Lipinski definition) is 1. The first-order chi connectivity index (χ1) is 21.3. The Balaban J connectivity index is 1.28. The maximum atomic E-state index is 16.4. The molecule has 2 heteroatoms. The molecule has 1 nitrogen and oxygen atoms in total. The quantitative estimate of drug-likeness (QED) is 0.235. The van der Waals surface area contributed by atoms with Gasteiger partial charge in [0.1, 0.15) is 5.82 Å². The summed E-state index contributed by atoms with van der Waals surface area (Å²) in [6.07, 6.45) is 17.5. The molecule has 0 bridgehead atoms. The van der Waals surface area contributed by atoms with Crippen LogP contribution in [0, 0.1) is 60.1 Å². The molecule has 0 aromatic heterocycles.